The maximum Gasteiger partial charge on any atom is 0.406 e. The second-order valence-corrected chi connectivity index (χ2v) is 3.26. The van der Waals surface area contributed by atoms with Crippen LogP contribution in [0, 0.1) is 6.92 Å². The van der Waals surface area contributed by atoms with Crippen molar-refractivity contribution in [3.63, 3.8) is 0 Å². The molecule has 0 unspecified atom stereocenters. The van der Waals surface area contributed by atoms with Crippen molar-refractivity contribution in [1.29, 1.82) is 0 Å². The summed E-state index contributed by atoms with van der Waals surface area (Å²) in [6.07, 6.45) is -2.16. The van der Waals surface area contributed by atoms with Crippen molar-refractivity contribution in [2.24, 2.45) is 0 Å². The molecule has 0 saturated carbocycles. The lowest BCUT2D eigenvalue weighted by molar-refractivity contribution is -0.140. The molecule has 0 fully saturated rings. The van der Waals surface area contributed by atoms with E-state index in [9.17, 15) is 18.0 Å². The molecule has 0 atom stereocenters. The molecule has 0 N–H and O–H groups in total. The molecule has 92 valence electrons. The highest BCUT2D eigenvalue weighted by atomic mass is 19.4. The van der Waals surface area contributed by atoms with Crippen LogP contribution in [0.1, 0.15) is 23.1 Å². The maximum atomic E-state index is 12.2. The zero-order valence-electron chi connectivity index (χ0n) is 9.03. The number of nitrogens with zero attached hydrogens (tertiary/aromatic N) is 3. The third kappa shape index (κ3) is 4.01. The summed E-state index contributed by atoms with van der Waals surface area (Å²) in [5.41, 5.74) is -0.213. The minimum Gasteiger partial charge on any atom is -0.328 e. The van der Waals surface area contributed by atoms with E-state index in [4.69, 9.17) is 6.92 Å². The van der Waals surface area contributed by atoms with Crippen molar-refractivity contribution in [2.45, 2.75) is 13.1 Å². The highest BCUT2D eigenvalue weighted by Gasteiger charge is 2.33. The van der Waals surface area contributed by atoms with Crippen LogP contribution in [0.4, 0.5) is 13.2 Å². The van der Waals surface area contributed by atoms with Crippen LogP contribution < -0.4 is 0 Å². The molecule has 1 amide bonds. The molecule has 7 heteroatoms. The first-order valence-electron chi connectivity index (χ1n) is 4.77. The van der Waals surface area contributed by atoms with E-state index in [-0.39, 0.29) is 17.9 Å². The van der Waals surface area contributed by atoms with E-state index in [1.807, 2.05) is 0 Å². The minimum absolute atomic E-state index is 0.0149. The van der Waals surface area contributed by atoms with Gasteiger partial charge in [-0.15, -0.1) is 0 Å². The topological polar surface area (TPSA) is 46.1 Å². The molecule has 4 nitrogen and oxygen atoms in total. The van der Waals surface area contributed by atoms with Gasteiger partial charge in [-0.3, -0.25) is 9.78 Å². The summed E-state index contributed by atoms with van der Waals surface area (Å²) in [6.45, 7) is 5.35. The first-order valence-corrected chi connectivity index (χ1v) is 4.77. The number of hydrogen-bond donors (Lipinski definition) is 0. The predicted molar refractivity (Wildman–Crippen MR) is 53.1 cm³/mol. The van der Waals surface area contributed by atoms with Crippen LogP contribution in [0.5, 0.6) is 0 Å². The monoisotopic (exact) mass is 245 g/mol. The van der Waals surface area contributed by atoms with Gasteiger partial charge in [-0.25, -0.2) is 4.98 Å². The van der Waals surface area contributed by atoms with E-state index < -0.39 is 18.6 Å². The molecule has 0 aliphatic rings. The minimum atomic E-state index is -4.45. The van der Waals surface area contributed by atoms with Gasteiger partial charge in [-0.1, -0.05) is 0 Å². The fourth-order valence-corrected chi connectivity index (χ4v) is 1.19. The lowest BCUT2D eigenvalue weighted by Crippen LogP contribution is -2.39. The van der Waals surface area contributed by atoms with E-state index in [1.54, 1.807) is 0 Å². The number of alkyl halides is 3. The largest absolute Gasteiger partial charge is 0.406 e. The van der Waals surface area contributed by atoms with Gasteiger partial charge >= 0.3 is 6.18 Å². The average molecular weight is 245 g/mol. The van der Waals surface area contributed by atoms with Crippen LogP contribution in [0.3, 0.4) is 0 Å². The Morgan fingerprint density at radius 2 is 2.12 bits per heavy atom. The Bertz CT molecular complexity index is 406. The van der Waals surface area contributed by atoms with Gasteiger partial charge in [-0.2, -0.15) is 13.2 Å². The molecule has 0 saturated heterocycles. The number of halogens is 3. The molecule has 1 heterocycles. The molecule has 0 spiro atoms. The Hall–Kier alpha value is -1.66. The second-order valence-electron chi connectivity index (χ2n) is 3.26. The summed E-state index contributed by atoms with van der Waals surface area (Å²) >= 11 is 0. The molecule has 1 aromatic rings. The molecule has 0 aliphatic carbocycles. The number of aromatic nitrogens is 2. The first-order chi connectivity index (χ1) is 7.83. The van der Waals surface area contributed by atoms with Gasteiger partial charge in [-0.05, 0) is 6.92 Å². The second kappa shape index (κ2) is 5.11. The van der Waals surface area contributed by atoms with Crippen LogP contribution in [0.25, 0.3) is 0 Å². The summed E-state index contributed by atoms with van der Waals surface area (Å²) in [5, 5.41) is 0. The number of amides is 1. The first kappa shape index (κ1) is 13.4. The number of carbonyl (C=O) groups excluding carboxylic acids is 1. The van der Waals surface area contributed by atoms with E-state index in [0.29, 0.717) is 4.90 Å². The van der Waals surface area contributed by atoms with Gasteiger partial charge in [0.15, 0.2) is 0 Å². The molecule has 0 aliphatic heterocycles. The average Bonchev–Trinajstić information content (AvgIpc) is 2.23. The normalized spacial score (nSPS) is 11.4. The van der Waals surface area contributed by atoms with Crippen molar-refractivity contribution >= 4 is 5.91 Å². The van der Waals surface area contributed by atoms with Crippen molar-refractivity contribution < 1.29 is 18.0 Å². The van der Waals surface area contributed by atoms with Crippen molar-refractivity contribution in [3.8, 4) is 0 Å². The van der Waals surface area contributed by atoms with Gasteiger partial charge in [0.25, 0.3) is 5.91 Å². The van der Waals surface area contributed by atoms with E-state index in [2.05, 4.69) is 9.97 Å². The molecule has 17 heavy (non-hydrogen) atoms. The Balaban J connectivity index is 2.87. The van der Waals surface area contributed by atoms with Crippen molar-refractivity contribution in [3.05, 3.63) is 30.7 Å². The zero-order valence-corrected chi connectivity index (χ0v) is 9.03. The summed E-state index contributed by atoms with van der Waals surface area (Å²) in [5.74, 6) is -0.843. The molecule has 2 radical (unpaired) electrons. The van der Waals surface area contributed by atoms with Gasteiger partial charge in [0.1, 0.15) is 12.2 Å². The number of carbonyl (C=O) groups is 1. The summed E-state index contributed by atoms with van der Waals surface area (Å²) in [4.78, 5) is 19.5. The quantitative estimate of drug-likeness (QED) is 0.811. The highest BCUT2D eigenvalue weighted by molar-refractivity contribution is 5.92. The fourth-order valence-electron chi connectivity index (χ4n) is 1.19. The molecular formula is C10H10F3N3O. The van der Waals surface area contributed by atoms with Crippen molar-refractivity contribution in [2.75, 3.05) is 13.1 Å². The Labute approximate surface area is 96.5 Å². The molecule has 0 aromatic carbocycles. The lowest BCUT2D eigenvalue weighted by Gasteiger charge is -2.21. The Morgan fingerprint density at radius 3 is 2.59 bits per heavy atom. The molecule has 1 aromatic heterocycles. The van der Waals surface area contributed by atoms with Crippen LogP contribution in [-0.2, 0) is 0 Å². The third-order valence-corrected chi connectivity index (χ3v) is 1.91. The predicted octanol–water partition coefficient (Wildman–Crippen LogP) is 1.56. The Morgan fingerprint density at radius 1 is 1.47 bits per heavy atom. The standard InChI is InChI=1S/C10H10F3N3O/c1-3-16(6-10(11,12)13)9(17)8-5-14-4-7(2)15-8/h2,4-5H,3,6H2,1H3. The van der Waals surface area contributed by atoms with Gasteiger partial charge in [0.05, 0.1) is 11.9 Å². The van der Waals surface area contributed by atoms with Crippen molar-refractivity contribution in [1.82, 2.24) is 14.9 Å². The lowest BCUT2D eigenvalue weighted by atomic mass is 10.3. The molecule has 0 bridgehead atoms. The third-order valence-electron chi connectivity index (χ3n) is 1.91. The maximum absolute atomic E-state index is 12.2. The van der Waals surface area contributed by atoms with Gasteiger partial charge in [0, 0.05) is 19.7 Å². The smallest absolute Gasteiger partial charge is 0.328 e. The van der Waals surface area contributed by atoms with Crippen LogP contribution in [0.2, 0.25) is 0 Å². The SMILES string of the molecule is [CH]c1cncc(C(=O)N(CC)CC(F)(F)F)n1. The molecular weight excluding hydrogens is 235 g/mol. The number of rotatable bonds is 3. The van der Waals surface area contributed by atoms with Crippen LogP contribution in [-0.4, -0.2) is 40.0 Å². The van der Waals surface area contributed by atoms with Gasteiger partial charge < -0.3 is 4.90 Å². The highest BCUT2D eigenvalue weighted by Crippen LogP contribution is 2.17. The van der Waals surface area contributed by atoms with Gasteiger partial charge in [0.2, 0.25) is 0 Å². The van der Waals surface area contributed by atoms with E-state index in [0.717, 1.165) is 6.20 Å². The Kier molecular flexibility index (Phi) is 4.03. The van der Waals surface area contributed by atoms with E-state index >= 15 is 0 Å². The van der Waals surface area contributed by atoms with Crippen LogP contribution >= 0.6 is 0 Å². The number of hydrogen-bond acceptors (Lipinski definition) is 3. The summed E-state index contributed by atoms with van der Waals surface area (Å²) in [6, 6.07) is 0. The van der Waals surface area contributed by atoms with Crippen LogP contribution in [0.15, 0.2) is 12.4 Å². The van der Waals surface area contributed by atoms with E-state index in [1.165, 1.54) is 13.1 Å². The summed E-state index contributed by atoms with van der Waals surface area (Å²) in [7, 11) is 0. The summed E-state index contributed by atoms with van der Waals surface area (Å²) < 4.78 is 36.6. The molecule has 1 rings (SSSR count). The zero-order chi connectivity index (χ0) is 13.1. The fraction of sp³-hybridized carbons (Fsp3) is 0.400.